The largest absolute Gasteiger partial charge is 0.383 e. The van der Waals surface area contributed by atoms with Crippen LogP contribution in [0.5, 0.6) is 0 Å². The molecule has 114 valence electrons. The molecule has 1 aromatic carbocycles. The lowest BCUT2D eigenvalue weighted by Gasteiger charge is -2.09. The standard InChI is InChI=1S/C14H20N4O2S/c1-10-6-5-7-11(8-10)9-18-13(15)12(21(4,19)20)14(16-18)17(2)3/h5-8H,9,15H2,1-4H3. The van der Waals surface area contributed by atoms with Gasteiger partial charge < -0.3 is 10.6 Å². The highest BCUT2D eigenvalue weighted by atomic mass is 32.2. The Morgan fingerprint density at radius 3 is 2.48 bits per heavy atom. The lowest BCUT2D eigenvalue weighted by molar-refractivity contribution is 0.602. The highest BCUT2D eigenvalue weighted by molar-refractivity contribution is 7.91. The Balaban J connectivity index is 2.51. The molecule has 7 heteroatoms. The fourth-order valence-electron chi connectivity index (χ4n) is 2.20. The van der Waals surface area contributed by atoms with E-state index in [4.69, 9.17) is 5.73 Å². The molecule has 0 unspecified atom stereocenters. The van der Waals surface area contributed by atoms with Gasteiger partial charge in [-0.15, -0.1) is 0 Å². The first-order valence-electron chi connectivity index (χ1n) is 6.49. The molecule has 6 nitrogen and oxygen atoms in total. The number of anilines is 2. The van der Waals surface area contributed by atoms with Gasteiger partial charge in [0, 0.05) is 20.4 Å². The molecule has 2 rings (SSSR count). The summed E-state index contributed by atoms with van der Waals surface area (Å²) in [6.45, 7) is 2.44. The maximum atomic E-state index is 11.9. The van der Waals surface area contributed by atoms with E-state index >= 15 is 0 Å². The maximum absolute atomic E-state index is 11.9. The molecule has 1 aromatic heterocycles. The average Bonchev–Trinajstić information content (AvgIpc) is 2.67. The van der Waals surface area contributed by atoms with Crippen LogP contribution in [0.2, 0.25) is 0 Å². The smallest absolute Gasteiger partial charge is 0.182 e. The summed E-state index contributed by atoms with van der Waals surface area (Å²) in [7, 11) is 0.0482. The summed E-state index contributed by atoms with van der Waals surface area (Å²) < 4.78 is 25.4. The van der Waals surface area contributed by atoms with E-state index in [1.165, 1.54) is 4.68 Å². The van der Waals surface area contributed by atoms with Gasteiger partial charge in [-0.05, 0) is 12.5 Å². The fraction of sp³-hybridized carbons (Fsp3) is 0.357. The Labute approximate surface area is 125 Å². The zero-order chi connectivity index (χ0) is 15.8. The van der Waals surface area contributed by atoms with Gasteiger partial charge in [0.1, 0.15) is 5.82 Å². The van der Waals surface area contributed by atoms with Crippen molar-refractivity contribution >= 4 is 21.5 Å². The predicted molar refractivity (Wildman–Crippen MR) is 84.4 cm³/mol. The van der Waals surface area contributed by atoms with Gasteiger partial charge >= 0.3 is 0 Å². The molecule has 2 N–H and O–H groups in total. The number of nitrogen functional groups attached to an aromatic ring is 1. The molecule has 0 aliphatic heterocycles. The van der Waals surface area contributed by atoms with Gasteiger partial charge in [0.25, 0.3) is 0 Å². The van der Waals surface area contributed by atoms with E-state index in [9.17, 15) is 8.42 Å². The molecule has 2 aromatic rings. The lowest BCUT2D eigenvalue weighted by Crippen LogP contribution is -2.13. The summed E-state index contributed by atoms with van der Waals surface area (Å²) in [6, 6.07) is 7.94. The van der Waals surface area contributed by atoms with E-state index in [0.29, 0.717) is 12.4 Å². The molecule has 0 bridgehead atoms. The number of rotatable bonds is 4. The molecular formula is C14H20N4O2S. The predicted octanol–water partition coefficient (Wildman–Crippen LogP) is 1.29. The van der Waals surface area contributed by atoms with Crippen molar-refractivity contribution in [2.45, 2.75) is 18.4 Å². The van der Waals surface area contributed by atoms with Crippen LogP contribution in [0.1, 0.15) is 11.1 Å². The molecule has 21 heavy (non-hydrogen) atoms. The molecule has 0 fully saturated rings. The van der Waals surface area contributed by atoms with Crippen LogP contribution in [-0.4, -0.2) is 38.5 Å². The summed E-state index contributed by atoms with van der Waals surface area (Å²) in [4.78, 5) is 1.74. The number of nitrogens with two attached hydrogens (primary N) is 1. The Morgan fingerprint density at radius 2 is 2.00 bits per heavy atom. The number of aryl methyl sites for hydroxylation is 1. The van der Waals surface area contributed by atoms with Crippen LogP contribution in [0.3, 0.4) is 0 Å². The summed E-state index contributed by atoms with van der Waals surface area (Å²) in [6.07, 6.45) is 1.14. The van der Waals surface area contributed by atoms with Gasteiger partial charge in [0.05, 0.1) is 6.54 Å². The fourth-order valence-corrected chi connectivity index (χ4v) is 3.24. The minimum Gasteiger partial charge on any atom is -0.383 e. The third kappa shape index (κ3) is 3.18. The van der Waals surface area contributed by atoms with Gasteiger partial charge in [0.15, 0.2) is 20.6 Å². The summed E-state index contributed by atoms with van der Waals surface area (Å²) in [5, 5.41) is 4.34. The van der Waals surface area contributed by atoms with Crippen molar-refractivity contribution in [2.24, 2.45) is 0 Å². The zero-order valence-corrected chi connectivity index (χ0v) is 13.5. The molecule has 0 aliphatic carbocycles. The number of nitrogens with zero attached hydrogens (tertiary/aromatic N) is 3. The maximum Gasteiger partial charge on any atom is 0.182 e. The van der Waals surface area contributed by atoms with Crippen molar-refractivity contribution in [2.75, 3.05) is 31.0 Å². The highest BCUT2D eigenvalue weighted by Gasteiger charge is 2.25. The minimum atomic E-state index is -3.44. The summed E-state index contributed by atoms with van der Waals surface area (Å²) in [5.41, 5.74) is 8.17. The van der Waals surface area contributed by atoms with Crippen LogP contribution in [0.25, 0.3) is 0 Å². The number of hydrogen-bond acceptors (Lipinski definition) is 5. The molecule has 0 atom stereocenters. The van der Waals surface area contributed by atoms with Crippen molar-refractivity contribution in [1.29, 1.82) is 0 Å². The van der Waals surface area contributed by atoms with Gasteiger partial charge in [-0.3, -0.25) is 0 Å². The second-order valence-electron chi connectivity index (χ2n) is 5.35. The average molecular weight is 308 g/mol. The van der Waals surface area contributed by atoms with Crippen LogP contribution in [-0.2, 0) is 16.4 Å². The second-order valence-corrected chi connectivity index (χ2v) is 7.30. The zero-order valence-electron chi connectivity index (χ0n) is 12.7. The van der Waals surface area contributed by atoms with Crippen LogP contribution >= 0.6 is 0 Å². The van der Waals surface area contributed by atoms with Crippen LogP contribution < -0.4 is 10.6 Å². The minimum absolute atomic E-state index is 0.0835. The van der Waals surface area contributed by atoms with E-state index in [2.05, 4.69) is 5.10 Å². The van der Waals surface area contributed by atoms with Crippen molar-refractivity contribution < 1.29 is 8.42 Å². The Morgan fingerprint density at radius 1 is 1.33 bits per heavy atom. The number of sulfone groups is 1. The summed E-state index contributed by atoms with van der Waals surface area (Å²) >= 11 is 0. The molecule has 0 saturated carbocycles. The number of benzene rings is 1. The monoisotopic (exact) mass is 308 g/mol. The lowest BCUT2D eigenvalue weighted by atomic mass is 10.1. The molecule has 1 heterocycles. The van der Waals surface area contributed by atoms with Crippen molar-refractivity contribution in [3.05, 3.63) is 35.4 Å². The van der Waals surface area contributed by atoms with Gasteiger partial charge in [0.2, 0.25) is 0 Å². The van der Waals surface area contributed by atoms with Crippen LogP contribution in [0.15, 0.2) is 29.2 Å². The van der Waals surface area contributed by atoms with Gasteiger partial charge in [-0.2, -0.15) is 5.10 Å². The van der Waals surface area contributed by atoms with Crippen molar-refractivity contribution in [3.63, 3.8) is 0 Å². The third-order valence-electron chi connectivity index (χ3n) is 3.14. The third-order valence-corrected chi connectivity index (χ3v) is 4.27. The first-order valence-corrected chi connectivity index (χ1v) is 8.38. The molecule has 0 saturated heterocycles. The second kappa shape index (κ2) is 5.40. The van der Waals surface area contributed by atoms with Crippen LogP contribution in [0.4, 0.5) is 11.6 Å². The Kier molecular flexibility index (Phi) is 3.95. The molecule has 0 spiro atoms. The molecule has 0 amide bonds. The molecular weight excluding hydrogens is 288 g/mol. The quantitative estimate of drug-likeness (QED) is 0.920. The molecule has 0 radical (unpaired) electrons. The first kappa shape index (κ1) is 15.4. The Bertz CT molecular complexity index is 763. The highest BCUT2D eigenvalue weighted by Crippen LogP contribution is 2.29. The van der Waals surface area contributed by atoms with E-state index in [1.54, 1.807) is 19.0 Å². The first-order chi connectivity index (χ1) is 9.70. The van der Waals surface area contributed by atoms with E-state index in [1.807, 2.05) is 31.2 Å². The van der Waals surface area contributed by atoms with Gasteiger partial charge in [-0.1, -0.05) is 29.8 Å². The number of hydrogen-bond donors (Lipinski definition) is 1. The summed E-state index contributed by atoms with van der Waals surface area (Å²) in [5.74, 6) is 0.533. The number of aromatic nitrogens is 2. The van der Waals surface area contributed by atoms with Crippen LogP contribution in [0, 0.1) is 6.92 Å². The molecule has 0 aliphatic rings. The van der Waals surface area contributed by atoms with E-state index in [0.717, 1.165) is 17.4 Å². The van der Waals surface area contributed by atoms with Crippen molar-refractivity contribution in [1.82, 2.24) is 9.78 Å². The normalized spacial score (nSPS) is 11.6. The van der Waals surface area contributed by atoms with E-state index in [-0.39, 0.29) is 10.7 Å². The van der Waals surface area contributed by atoms with Crippen molar-refractivity contribution in [3.8, 4) is 0 Å². The topological polar surface area (TPSA) is 81.2 Å². The SMILES string of the molecule is Cc1cccc(Cn2nc(N(C)C)c(S(C)(=O)=O)c2N)c1. The van der Waals surface area contributed by atoms with Gasteiger partial charge in [-0.25, -0.2) is 13.1 Å². The van der Waals surface area contributed by atoms with E-state index < -0.39 is 9.84 Å². The Hall–Kier alpha value is -2.02.